The number of nitrogens with one attached hydrogen (secondary N) is 3. The Morgan fingerprint density at radius 3 is 2.65 bits per heavy atom. The molecule has 8 nitrogen and oxygen atoms in total. The van der Waals surface area contributed by atoms with Crippen LogP contribution >= 0.6 is 0 Å². The van der Waals surface area contributed by atoms with Gasteiger partial charge in [-0.3, -0.25) is 9.59 Å². The van der Waals surface area contributed by atoms with E-state index < -0.39 is 17.6 Å². The highest BCUT2D eigenvalue weighted by atomic mass is 16.5. The van der Waals surface area contributed by atoms with Gasteiger partial charge in [0.1, 0.15) is 11.6 Å². The van der Waals surface area contributed by atoms with Gasteiger partial charge in [-0.1, -0.05) is 12.8 Å². The predicted molar refractivity (Wildman–Crippen MR) is 83.8 cm³/mol. The number of carbonyl (C=O) groups is 3. The summed E-state index contributed by atoms with van der Waals surface area (Å²) >= 11 is 0. The fourth-order valence-electron chi connectivity index (χ4n) is 3.15. The second kappa shape index (κ2) is 7.74. The molecule has 3 N–H and O–H groups in total. The van der Waals surface area contributed by atoms with E-state index in [1.807, 2.05) is 0 Å². The van der Waals surface area contributed by atoms with Crippen molar-refractivity contribution in [1.29, 1.82) is 0 Å². The van der Waals surface area contributed by atoms with E-state index in [9.17, 15) is 14.4 Å². The van der Waals surface area contributed by atoms with Gasteiger partial charge in [-0.25, -0.2) is 9.69 Å². The van der Waals surface area contributed by atoms with E-state index in [0.29, 0.717) is 39.1 Å². The van der Waals surface area contributed by atoms with Crippen LogP contribution in [0.5, 0.6) is 0 Å². The van der Waals surface area contributed by atoms with Gasteiger partial charge in [-0.2, -0.15) is 0 Å². The van der Waals surface area contributed by atoms with Gasteiger partial charge in [0, 0.05) is 26.7 Å². The Morgan fingerprint density at radius 2 is 2.00 bits per heavy atom. The van der Waals surface area contributed by atoms with Crippen LogP contribution in [0.2, 0.25) is 0 Å². The summed E-state index contributed by atoms with van der Waals surface area (Å²) in [5.41, 5.74) is -0.771. The molecule has 8 heteroatoms. The van der Waals surface area contributed by atoms with E-state index in [2.05, 4.69) is 16.0 Å². The fourth-order valence-corrected chi connectivity index (χ4v) is 3.15. The molecular weight excluding hydrogens is 300 g/mol. The van der Waals surface area contributed by atoms with E-state index >= 15 is 0 Å². The van der Waals surface area contributed by atoms with Crippen molar-refractivity contribution in [1.82, 2.24) is 20.9 Å². The van der Waals surface area contributed by atoms with Crippen molar-refractivity contribution in [2.75, 3.05) is 33.4 Å². The fraction of sp³-hybridized carbons (Fsp3) is 0.800. The maximum absolute atomic E-state index is 12.6. The van der Waals surface area contributed by atoms with Gasteiger partial charge in [-0.15, -0.1) is 0 Å². The number of imide groups is 1. The molecule has 130 valence electrons. The van der Waals surface area contributed by atoms with Crippen LogP contribution < -0.4 is 16.0 Å². The molecule has 0 aromatic carbocycles. The van der Waals surface area contributed by atoms with Crippen molar-refractivity contribution in [3.63, 3.8) is 0 Å². The Balaban J connectivity index is 1.82. The summed E-state index contributed by atoms with van der Waals surface area (Å²) < 4.78 is 4.91. The topological polar surface area (TPSA) is 99.8 Å². The number of urea groups is 1. The van der Waals surface area contributed by atoms with E-state index in [0.717, 1.165) is 17.7 Å². The Hall–Kier alpha value is -1.67. The number of rotatable bonds is 8. The first-order valence-electron chi connectivity index (χ1n) is 8.15. The molecule has 2 fully saturated rings. The SMILES string of the molecule is COCCNCCNC(=O)C(C)N1C(=O)NC2(CCCC2)C1=O. The third-order valence-electron chi connectivity index (χ3n) is 4.50. The van der Waals surface area contributed by atoms with Crippen LogP contribution in [0.15, 0.2) is 0 Å². The Bertz CT molecular complexity index is 462. The third kappa shape index (κ3) is 3.81. The van der Waals surface area contributed by atoms with Crippen molar-refractivity contribution in [2.45, 2.75) is 44.2 Å². The maximum atomic E-state index is 12.6. The first-order valence-corrected chi connectivity index (χ1v) is 8.15. The Kier molecular flexibility index (Phi) is 5.95. The predicted octanol–water partition coefficient (Wildman–Crippen LogP) is -0.408. The molecule has 1 spiro atoms. The summed E-state index contributed by atoms with van der Waals surface area (Å²) in [4.78, 5) is 37.9. The second-order valence-corrected chi connectivity index (χ2v) is 6.10. The van der Waals surface area contributed by atoms with Gasteiger partial charge < -0.3 is 20.7 Å². The molecule has 1 saturated carbocycles. The lowest BCUT2D eigenvalue weighted by molar-refractivity contribution is -0.137. The molecule has 1 aliphatic heterocycles. The summed E-state index contributed by atoms with van der Waals surface area (Å²) in [5, 5.41) is 8.63. The standard InChI is InChI=1S/C15H26N4O4/c1-11(12(20)17-8-7-16-9-10-23-2)19-13(21)15(18-14(19)22)5-3-4-6-15/h11,16H,3-10H2,1-2H3,(H,17,20)(H,18,22). The number of ether oxygens (including phenoxy) is 1. The zero-order chi connectivity index (χ0) is 16.9. The minimum absolute atomic E-state index is 0.263. The second-order valence-electron chi connectivity index (χ2n) is 6.10. The van der Waals surface area contributed by atoms with Gasteiger partial charge in [-0.05, 0) is 19.8 Å². The van der Waals surface area contributed by atoms with E-state index in [-0.39, 0.29) is 11.8 Å². The molecular formula is C15H26N4O4. The van der Waals surface area contributed by atoms with Crippen LogP contribution in [-0.2, 0) is 14.3 Å². The van der Waals surface area contributed by atoms with Gasteiger partial charge in [0.25, 0.3) is 5.91 Å². The van der Waals surface area contributed by atoms with Crippen molar-refractivity contribution in [2.24, 2.45) is 0 Å². The number of carbonyl (C=O) groups excluding carboxylic acids is 3. The van der Waals surface area contributed by atoms with Crippen LogP contribution in [0.4, 0.5) is 4.79 Å². The molecule has 1 unspecified atom stereocenters. The summed E-state index contributed by atoms with van der Waals surface area (Å²) in [6.45, 7) is 3.93. The maximum Gasteiger partial charge on any atom is 0.325 e. The lowest BCUT2D eigenvalue weighted by Crippen LogP contribution is -2.50. The molecule has 0 aromatic rings. The zero-order valence-electron chi connectivity index (χ0n) is 13.8. The average Bonchev–Trinajstić information content (AvgIpc) is 3.08. The number of methoxy groups -OCH3 is 1. The molecule has 0 radical (unpaired) electrons. The highest BCUT2D eigenvalue weighted by Crippen LogP contribution is 2.35. The normalized spacial score (nSPS) is 20.9. The highest BCUT2D eigenvalue weighted by Gasteiger charge is 2.54. The van der Waals surface area contributed by atoms with Crippen molar-refractivity contribution < 1.29 is 19.1 Å². The number of amides is 4. The largest absolute Gasteiger partial charge is 0.383 e. The van der Waals surface area contributed by atoms with Gasteiger partial charge >= 0.3 is 6.03 Å². The quantitative estimate of drug-likeness (QED) is 0.416. The van der Waals surface area contributed by atoms with Crippen molar-refractivity contribution in [3.8, 4) is 0 Å². The molecule has 1 atom stereocenters. The van der Waals surface area contributed by atoms with Crippen LogP contribution in [-0.4, -0.2) is 67.7 Å². The lowest BCUT2D eigenvalue weighted by Gasteiger charge is -2.23. The van der Waals surface area contributed by atoms with Crippen molar-refractivity contribution in [3.05, 3.63) is 0 Å². The molecule has 23 heavy (non-hydrogen) atoms. The summed E-state index contributed by atoms with van der Waals surface area (Å²) in [7, 11) is 1.63. The zero-order valence-corrected chi connectivity index (χ0v) is 13.8. The van der Waals surface area contributed by atoms with Crippen LogP contribution in [0.3, 0.4) is 0 Å². The molecule has 2 aliphatic rings. The minimum Gasteiger partial charge on any atom is -0.383 e. The molecule has 1 aliphatic carbocycles. The summed E-state index contributed by atoms with van der Waals surface area (Å²) in [6, 6.07) is -1.26. The van der Waals surface area contributed by atoms with Gasteiger partial charge in [0.15, 0.2) is 0 Å². The summed E-state index contributed by atoms with van der Waals surface area (Å²) in [6.07, 6.45) is 3.17. The van der Waals surface area contributed by atoms with Gasteiger partial charge in [0.2, 0.25) is 5.91 Å². The third-order valence-corrected chi connectivity index (χ3v) is 4.50. The van der Waals surface area contributed by atoms with Crippen LogP contribution in [0.25, 0.3) is 0 Å². The average molecular weight is 326 g/mol. The number of hydrogen-bond acceptors (Lipinski definition) is 5. The molecule has 4 amide bonds. The molecule has 1 saturated heterocycles. The van der Waals surface area contributed by atoms with E-state index in [1.54, 1.807) is 14.0 Å². The molecule has 0 aromatic heterocycles. The molecule has 2 rings (SSSR count). The smallest absolute Gasteiger partial charge is 0.325 e. The minimum atomic E-state index is -0.804. The Labute approximate surface area is 136 Å². The number of nitrogens with zero attached hydrogens (tertiary/aromatic N) is 1. The lowest BCUT2D eigenvalue weighted by atomic mass is 9.97. The van der Waals surface area contributed by atoms with Crippen LogP contribution in [0, 0.1) is 0 Å². The number of hydrogen-bond donors (Lipinski definition) is 3. The van der Waals surface area contributed by atoms with Crippen LogP contribution in [0.1, 0.15) is 32.6 Å². The molecule has 1 heterocycles. The summed E-state index contributed by atoms with van der Waals surface area (Å²) in [5.74, 6) is -0.585. The van der Waals surface area contributed by atoms with Gasteiger partial charge in [0.05, 0.1) is 6.61 Å². The first kappa shape index (κ1) is 17.7. The first-order chi connectivity index (χ1) is 11.0. The molecule has 0 bridgehead atoms. The monoisotopic (exact) mass is 326 g/mol. The van der Waals surface area contributed by atoms with Crippen molar-refractivity contribution >= 4 is 17.8 Å². The van der Waals surface area contributed by atoms with E-state index in [1.165, 1.54) is 0 Å². The highest BCUT2D eigenvalue weighted by molar-refractivity contribution is 6.09. The van der Waals surface area contributed by atoms with E-state index in [4.69, 9.17) is 4.74 Å². The Morgan fingerprint density at radius 1 is 1.30 bits per heavy atom.